The predicted octanol–water partition coefficient (Wildman–Crippen LogP) is 0.850. The van der Waals surface area contributed by atoms with E-state index in [4.69, 9.17) is 15.2 Å². The van der Waals surface area contributed by atoms with Gasteiger partial charge in [-0.1, -0.05) is 6.92 Å². The Kier molecular flexibility index (Phi) is 3.51. The van der Waals surface area contributed by atoms with Crippen molar-refractivity contribution in [3.05, 3.63) is 0 Å². The summed E-state index contributed by atoms with van der Waals surface area (Å²) in [5, 5.41) is 0. The first-order chi connectivity index (χ1) is 7.81. The summed E-state index contributed by atoms with van der Waals surface area (Å²) in [5.41, 5.74) is 6.18. The van der Waals surface area contributed by atoms with Gasteiger partial charge < -0.3 is 15.2 Å². The second-order valence-corrected chi connectivity index (χ2v) is 6.63. The lowest BCUT2D eigenvalue weighted by Gasteiger charge is -2.44. The maximum absolute atomic E-state index is 6.15. The van der Waals surface area contributed by atoms with E-state index in [0.29, 0.717) is 12.7 Å². The SMILES string of the molecule is CC1CN(CC2(C)COCC2N)CC(C)(C)O1. The minimum Gasteiger partial charge on any atom is -0.379 e. The Morgan fingerprint density at radius 3 is 2.59 bits per heavy atom. The summed E-state index contributed by atoms with van der Waals surface area (Å²) in [7, 11) is 0. The molecule has 2 aliphatic heterocycles. The van der Waals surface area contributed by atoms with Crippen LogP contribution in [0.2, 0.25) is 0 Å². The van der Waals surface area contributed by atoms with Gasteiger partial charge in [-0.05, 0) is 20.8 Å². The van der Waals surface area contributed by atoms with E-state index in [2.05, 4.69) is 32.6 Å². The molecule has 3 unspecified atom stereocenters. The molecule has 0 aromatic carbocycles. The number of rotatable bonds is 2. The smallest absolute Gasteiger partial charge is 0.0757 e. The van der Waals surface area contributed by atoms with Crippen LogP contribution in [0.25, 0.3) is 0 Å². The van der Waals surface area contributed by atoms with Crippen LogP contribution in [-0.4, -0.2) is 55.5 Å². The van der Waals surface area contributed by atoms with Crippen LogP contribution in [-0.2, 0) is 9.47 Å². The van der Waals surface area contributed by atoms with Gasteiger partial charge in [0.25, 0.3) is 0 Å². The van der Waals surface area contributed by atoms with Crippen LogP contribution in [0.15, 0.2) is 0 Å². The monoisotopic (exact) mass is 242 g/mol. The molecule has 0 saturated carbocycles. The minimum absolute atomic E-state index is 0.0580. The van der Waals surface area contributed by atoms with Gasteiger partial charge in [0.2, 0.25) is 0 Å². The summed E-state index contributed by atoms with van der Waals surface area (Å²) in [6, 6.07) is 0.156. The molecule has 2 aliphatic rings. The largest absolute Gasteiger partial charge is 0.379 e. The van der Waals surface area contributed by atoms with Crippen molar-refractivity contribution in [3.8, 4) is 0 Å². The molecule has 0 amide bonds. The first-order valence-corrected chi connectivity index (χ1v) is 6.54. The molecule has 17 heavy (non-hydrogen) atoms. The highest BCUT2D eigenvalue weighted by molar-refractivity contribution is 4.94. The number of hydrogen-bond acceptors (Lipinski definition) is 4. The van der Waals surface area contributed by atoms with Crippen molar-refractivity contribution in [2.24, 2.45) is 11.1 Å². The molecule has 0 bridgehead atoms. The van der Waals surface area contributed by atoms with Crippen LogP contribution in [0, 0.1) is 5.41 Å². The lowest BCUT2D eigenvalue weighted by molar-refractivity contribution is -0.134. The fraction of sp³-hybridized carbons (Fsp3) is 1.00. The molecular weight excluding hydrogens is 216 g/mol. The van der Waals surface area contributed by atoms with Crippen molar-refractivity contribution in [2.75, 3.05) is 32.8 Å². The Morgan fingerprint density at radius 1 is 1.35 bits per heavy atom. The Labute approximate surface area is 104 Å². The quantitative estimate of drug-likeness (QED) is 0.780. The number of morpholine rings is 1. The first-order valence-electron chi connectivity index (χ1n) is 6.54. The number of nitrogens with zero attached hydrogens (tertiary/aromatic N) is 1. The highest BCUT2D eigenvalue weighted by atomic mass is 16.5. The lowest BCUT2D eigenvalue weighted by Crippen LogP contribution is -2.56. The number of nitrogens with two attached hydrogens (primary N) is 1. The molecule has 0 aromatic heterocycles. The van der Waals surface area contributed by atoms with Gasteiger partial charge in [-0.25, -0.2) is 0 Å². The third kappa shape index (κ3) is 2.99. The van der Waals surface area contributed by atoms with Crippen molar-refractivity contribution in [3.63, 3.8) is 0 Å². The summed E-state index contributed by atoms with van der Waals surface area (Å²) in [4.78, 5) is 2.47. The van der Waals surface area contributed by atoms with E-state index in [-0.39, 0.29) is 17.1 Å². The normalized spacial score (nSPS) is 42.9. The zero-order valence-electron chi connectivity index (χ0n) is 11.5. The Balaban J connectivity index is 1.99. The third-order valence-corrected chi connectivity index (χ3v) is 3.85. The zero-order chi connectivity index (χ0) is 12.7. The Bertz CT molecular complexity index is 283. The van der Waals surface area contributed by atoms with Crippen LogP contribution in [0.4, 0.5) is 0 Å². The fourth-order valence-electron chi connectivity index (χ4n) is 3.11. The van der Waals surface area contributed by atoms with Gasteiger partial charge in [-0.15, -0.1) is 0 Å². The molecule has 0 aromatic rings. The molecule has 0 radical (unpaired) electrons. The third-order valence-electron chi connectivity index (χ3n) is 3.85. The summed E-state index contributed by atoms with van der Waals surface area (Å²) < 4.78 is 11.4. The predicted molar refractivity (Wildman–Crippen MR) is 68.0 cm³/mol. The summed E-state index contributed by atoms with van der Waals surface area (Å²) in [6.45, 7) is 13.1. The molecule has 0 spiro atoms. The molecule has 2 rings (SSSR count). The molecule has 100 valence electrons. The average Bonchev–Trinajstić information content (AvgIpc) is 2.42. The molecule has 2 fully saturated rings. The fourth-order valence-corrected chi connectivity index (χ4v) is 3.11. The molecule has 3 atom stereocenters. The van der Waals surface area contributed by atoms with E-state index in [1.54, 1.807) is 0 Å². The first kappa shape index (κ1) is 13.3. The molecule has 4 heteroatoms. The standard InChI is InChI=1S/C13H26N2O2/c1-10-5-15(7-12(2,3)17-10)8-13(4)9-16-6-11(13)14/h10-11H,5-9,14H2,1-4H3. The molecule has 2 N–H and O–H groups in total. The van der Waals surface area contributed by atoms with Crippen LogP contribution < -0.4 is 5.73 Å². The van der Waals surface area contributed by atoms with Crippen molar-refractivity contribution in [1.82, 2.24) is 4.90 Å². The lowest BCUT2D eigenvalue weighted by atomic mass is 9.84. The second kappa shape index (κ2) is 4.50. The van der Waals surface area contributed by atoms with Gasteiger partial charge in [0, 0.05) is 31.1 Å². The summed E-state index contributed by atoms with van der Waals surface area (Å²) in [5.74, 6) is 0. The average molecular weight is 242 g/mol. The van der Waals surface area contributed by atoms with E-state index >= 15 is 0 Å². The van der Waals surface area contributed by atoms with Crippen molar-refractivity contribution in [1.29, 1.82) is 0 Å². The van der Waals surface area contributed by atoms with Crippen molar-refractivity contribution in [2.45, 2.75) is 45.4 Å². The molecule has 2 heterocycles. The van der Waals surface area contributed by atoms with Gasteiger partial charge in [-0.2, -0.15) is 0 Å². The van der Waals surface area contributed by atoms with Crippen molar-refractivity contribution >= 4 is 0 Å². The van der Waals surface area contributed by atoms with Crippen LogP contribution in [0.1, 0.15) is 27.7 Å². The minimum atomic E-state index is -0.0580. The van der Waals surface area contributed by atoms with Crippen LogP contribution in [0.5, 0.6) is 0 Å². The van der Waals surface area contributed by atoms with E-state index in [1.807, 2.05) is 0 Å². The highest BCUT2D eigenvalue weighted by Crippen LogP contribution is 2.30. The van der Waals surface area contributed by atoms with Gasteiger partial charge in [0.1, 0.15) is 0 Å². The Morgan fingerprint density at radius 2 is 2.06 bits per heavy atom. The highest BCUT2D eigenvalue weighted by Gasteiger charge is 2.41. The summed E-state index contributed by atoms with van der Waals surface area (Å²) >= 11 is 0. The van der Waals surface area contributed by atoms with Gasteiger partial charge in [-0.3, -0.25) is 4.90 Å². The molecule has 0 aliphatic carbocycles. The van der Waals surface area contributed by atoms with Crippen LogP contribution >= 0.6 is 0 Å². The second-order valence-electron chi connectivity index (χ2n) is 6.63. The topological polar surface area (TPSA) is 47.7 Å². The van der Waals surface area contributed by atoms with Gasteiger partial charge in [0.15, 0.2) is 0 Å². The number of hydrogen-bond donors (Lipinski definition) is 1. The van der Waals surface area contributed by atoms with E-state index in [0.717, 1.165) is 26.2 Å². The summed E-state index contributed by atoms with van der Waals surface area (Å²) in [6.07, 6.45) is 0.292. The zero-order valence-corrected chi connectivity index (χ0v) is 11.5. The number of ether oxygens (including phenoxy) is 2. The maximum atomic E-state index is 6.15. The van der Waals surface area contributed by atoms with E-state index in [1.165, 1.54) is 0 Å². The van der Waals surface area contributed by atoms with Gasteiger partial charge in [0.05, 0.1) is 24.9 Å². The Hall–Kier alpha value is -0.160. The molecule has 4 nitrogen and oxygen atoms in total. The maximum Gasteiger partial charge on any atom is 0.0757 e. The van der Waals surface area contributed by atoms with E-state index < -0.39 is 0 Å². The van der Waals surface area contributed by atoms with Crippen molar-refractivity contribution < 1.29 is 9.47 Å². The van der Waals surface area contributed by atoms with E-state index in [9.17, 15) is 0 Å². The molecule has 2 saturated heterocycles. The van der Waals surface area contributed by atoms with Gasteiger partial charge >= 0.3 is 0 Å². The van der Waals surface area contributed by atoms with Crippen LogP contribution in [0.3, 0.4) is 0 Å². The molecular formula is C13H26N2O2.